The lowest BCUT2D eigenvalue weighted by Gasteiger charge is -2.12. The Kier molecular flexibility index (Phi) is 5.31. The number of rotatable bonds is 3. The molecule has 3 amide bonds. The molecular weight excluding hydrogens is 388 g/mol. The van der Waals surface area contributed by atoms with Crippen LogP contribution in [0.25, 0.3) is 10.8 Å². The van der Waals surface area contributed by atoms with Gasteiger partial charge in [-0.05, 0) is 54.2 Å². The van der Waals surface area contributed by atoms with Crippen LogP contribution < -0.4 is 10.6 Å². The van der Waals surface area contributed by atoms with Crippen LogP contribution in [0.5, 0.6) is 0 Å². The van der Waals surface area contributed by atoms with Crippen LogP contribution in [0.4, 0.5) is 9.80 Å². The molecule has 4 rings (SSSR count). The van der Waals surface area contributed by atoms with Crippen LogP contribution in [0.15, 0.2) is 42.5 Å². The average molecular weight is 408 g/mol. The first-order chi connectivity index (χ1) is 14.1. The highest BCUT2D eigenvalue weighted by atomic mass is 32.1. The second-order valence-electron chi connectivity index (χ2n) is 6.88. The molecule has 6 nitrogen and oxygen atoms in total. The van der Waals surface area contributed by atoms with Crippen LogP contribution in [0.1, 0.15) is 44.0 Å². The first-order valence-electron chi connectivity index (χ1n) is 9.41. The van der Waals surface area contributed by atoms with Crippen molar-refractivity contribution in [2.24, 2.45) is 0 Å². The number of ether oxygens (including phenoxy) is 1. The number of carbonyl (C=O) groups is 3. The monoisotopic (exact) mass is 408 g/mol. The van der Waals surface area contributed by atoms with Crippen molar-refractivity contribution in [3.63, 3.8) is 0 Å². The molecular formula is C22H20N2O4S. The maximum atomic E-state index is 12.9. The number of hydrogen-bond acceptors (Lipinski definition) is 5. The van der Waals surface area contributed by atoms with Gasteiger partial charge in [-0.1, -0.05) is 30.3 Å². The minimum atomic E-state index is -0.822. The van der Waals surface area contributed by atoms with E-state index in [0.29, 0.717) is 16.1 Å². The van der Waals surface area contributed by atoms with Crippen molar-refractivity contribution < 1.29 is 19.1 Å². The maximum absolute atomic E-state index is 12.9. The predicted molar refractivity (Wildman–Crippen MR) is 113 cm³/mol. The quantitative estimate of drug-likeness (QED) is 0.667. The molecule has 0 spiro atoms. The molecule has 2 N–H and O–H groups in total. The largest absolute Gasteiger partial charge is 0.453 e. The van der Waals surface area contributed by atoms with Gasteiger partial charge in [-0.15, -0.1) is 11.3 Å². The molecule has 0 bridgehead atoms. The number of carbonyl (C=O) groups excluding carboxylic acids is 3. The Balaban J connectivity index is 1.66. The van der Waals surface area contributed by atoms with Crippen molar-refractivity contribution in [2.45, 2.75) is 25.7 Å². The summed E-state index contributed by atoms with van der Waals surface area (Å²) in [5, 5.41) is 7.59. The Morgan fingerprint density at radius 1 is 0.966 bits per heavy atom. The van der Waals surface area contributed by atoms with Gasteiger partial charge in [-0.25, -0.2) is 4.79 Å². The predicted octanol–water partition coefficient (Wildman–Crippen LogP) is 4.53. The van der Waals surface area contributed by atoms with Gasteiger partial charge in [-0.2, -0.15) is 0 Å². The summed E-state index contributed by atoms with van der Waals surface area (Å²) in [6.45, 7) is 0. The van der Waals surface area contributed by atoms with E-state index in [2.05, 4.69) is 15.4 Å². The fourth-order valence-electron chi connectivity index (χ4n) is 3.61. The van der Waals surface area contributed by atoms with Gasteiger partial charge in [0.1, 0.15) is 5.00 Å². The van der Waals surface area contributed by atoms with Crippen molar-refractivity contribution in [2.75, 3.05) is 12.4 Å². The van der Waals surface area contributed by atoms with Crippen LogP contribution in [0, 0.1) is 0 Å². The number of alkyl carbamates (subject to hydrolysis) is 1. The molecule has 0 unspecified atom stereocenters. The van der Waals surface area contributed by atoms with Crippen molar-refractivity contribution in [3.05, 3.63) is 64.0 Å². The molecule has 1 aromatic heterocycles. The van der Waals surface area contributed by atoms with Crippen LogP contribution >= 0.6 is 11.3 Å². The normalized spacial score (nSPS) is 12.9. The molecule has 3 aromatic rings. The number of methoxy groups -OCH3 is 1. The van der Waals surface area contributed by atoms with E-state index in [4.69, 9.17) is 0 Å². The summed E-state index contributed by atoms with van der Waals surface area (Å²) in [5.41, 5.74) is 1.79. The lowest BCUT2D eigenvalue weighted by molar-refractivity contribution is 0.0937. The minimum absolute atomic E-state index is 0.290. The molecule has 148 valence electrons. The zero-order chi connectivity index (χ0) is 20.4. The zero-order valence-electron chi connectivity index (χ0n) is 15.9. The van der Waals surface area contributed by atoms with Gasteiger partial charge in [0.25, 0.3) is 11.8 Å². The van der Waals surface area contributed by atoms with Crippen LogP contribution in [0.2, 0.25) is 0 Å². The third-order valence-electron chi connectivity index (χ3n) is 5.04. The van der Waals surface area contributed by atoms with E-state index in [9.17, 15) is 14.4 Å². The first-order valence-corrected chi connectivity index (χ1v) is 10.2. The number of thiophene rings is 1. The van der Waals surface area contributed by atoms with E-state index in [1.807, 2.05) is 36.4 Å². The van der Waals surface area contributed by atoms with Gasteiger partial charge < -0.3 is 10.1 Å². The standard InChI is InChI=1S/C22H20N2O4S/c1-28-22(27)24-20(26)18-16-8-4-5-9-17(16)29-21(18)23-19(25)15-11-10-13-6-2-3-7-14(13)12-15/h2-3,6-7,10-12H,4-5,8-9H2,1H3,(H,23,25)(H,24,26,27). The van der Waals surface area contributed by atoms with Crippen molar-refractivity contribution in [1.82, 2.24) is 5.32 Å². The van der Waals surface area contributed by atoms with Gasteiger partial charge in [-0.3, -0.25) is 14.9 Å². The lowest BCUT2D eigenvalue weighted by atomic mass is 9.95. The Morgan fingerprint density at radius 3 is 2.52 bits per heavy atom. The van der Waals surface area contributed by atoms with Gasteiger partial charge in [0.2, 0.25) is 0 Å². The number of hydrogen-bond donors (Lipinski definition) is 2. The Labute approximate surface area is 171 Å². The summed E-state index contributed by atoms with van der Waals surface area (Å²) in [4.78, 5) is 38.2. The molecule has 0 saturated carbocycles. The van der Waals surface area contributed by atoms with E-state index >= 15 is 0 Å². The molecule has 7 heteroatoms. The number of fused-ring (bicyclic) bond motifs is 2. The Morgan fingerprint density at radius 2 is 1.72 bits per heavy atom. The minimum Gasteiger partial charge on any atom is -0.453 e. The van der Waals surface area contributed by atoms with E-state index in [1.165, 1.54) is 18.4 Å². The van der Waals surface area contributed by atoms with Crippen molar-refractivity contribution in [1.29, 1.82) is 0 Å². The zero-order valence-corrected chi connectivity index (χ0v) is 16.7. The smallest absolute Gasteiger partial charge is 0.413 e. The van der Waals surface area contributed by atoms with Crippen molar-refractivity contribution in [3.8, 4) is 0 Å². The molecule has 1 aliphatic carbocycles. The second kappa shape index (κ2) is 8.05. The highest BCUT2D eigenvalue weighted by Crippen LogP contribution is 2.38. The van der Waals surface area contributed by atoms with Crippen LogP contribution in [-0.4, -0.2) is 25.0 Å². The summed E-state index contributed by atoms with van der Waals surface area (Å²) in [7, 11) is 1.20. The Bertz CT molecular complexity index is 1120. The summed E-state index contributed by atoms with van der Waals surface area (Å²) >= 11 is 1.41. The fourth-order valence-corrected chi connectivity index (χ4v) is 4.89. The molecule has 1 heterocycles. The van der Waals surface area contributed by atoms with Crippen molar-refractivity contribution >= 4 is 45.0 Å². The van der Waals surface area contributed by atoms with Gasteiger partial charge in [0.15, 0.2) is 0 Å². The number of aryl methyl sites for hydroxylation is 1. The molecule has 0 fully saturated rings. The number of anilines is 1. The summed E-state index contributed by atoms with van der Waals surface area (Å²) in [6.07, 6.45) is 2.81. The molecule has 0 saturated heterocycles. The molecule has 2 aromatic carbocycles. The number of nitrogens with one attached hydrogen (secondary N) is 2. The van der Waals surface area contributed by atoms with E-state index in [0.717, 1.165) is 46.9 Å². The SMILES string of the molecule is COC(=O)NC(=O)c1c(NC(=O)c2ccc3ccccc3c2)sc2c1CCCC2. The van der Waals surface area contributed by atoms with E-state index in [-0.39, 0.29) is 5.91 Å². The number of benzene rings is 2. The third-order valence-corrected chi connectivity index (χ3v) is 6.25. The fraction of sp³-hybridized carbons (Fsp3) is 0.227. The Hall–Kier alpha value is -3.19. The number of imide groups is 1. The van der Waals surface area contributed by atoms with Gasteiger partial charge in [0.05, 0.1) is 12.7 Å². The highest BCUT2D eigenvalue weighted by Gasteiger charge is 2.27. The van der Waals surface area contributed by atoms with Crippen LogP contribution in [-0.2, 0) is 17.6 Å². The summed E-state index contributed by atoms with van der Waals surface area (Å²) in [5.74, 6) is -0.841. The lowest BCUT2D eigenvalue weighted by Crippen LogP contribution is -2.31. The molecule has 0 atom stereocenters. The molecule has 0 radical (unpaired) electrons. The van der Waals surface area contributed by atoms with Gasteiger partial charge >= 0.3 is 6.09 Å². The first kappa shape index (κ1) is 19.1. The summed E-state index contributed by atoms with van der Waals surface area (Å²) < 4.78 is 4.54. The molecule has 0 aliphatic heterocycles. The molecule has 29 heavy (non-hydrogen) atoms. The number of amides is 3. The van der Waals surface area contributed by atoms with Crippen LogP contribution in [0.3, 0.4) is 0 Å². The highest BCUT2D eigenvalue weighted by molar-refractivity contribution is 7.17. The van der Waals surface area contributed by atoms with E-state index < -0.39 is 12.0 Å². The third kappa shape index (κ3) is 3.86. The van der Waals surface area contributed by atoms with Gasteiger partial charge in [0, 0.05) is 10.4 Å². The topological polar surface area (TPSA) is 84.5 Å². The molecule has 1 aliphatic rings. The summed E-state index contributed by atoms with van der Waals surface area (Å²) in [6, 6.07) is 13.3. The average Bonchev–Trinajstić information content (AvgIpc) is 3.11. The second-order valence-corrected chi connectivity index (χ2v) is 7.98. The maximum Gasteiger partial charge on any atom is 0.413 e. The van der Waals surface area contributed by atoms with E-state index in [1.54, 1.807) is 6.07 Å².